The Bertz CT molecular complexity index is 519. The maximum atomic E-state index is 12.2. The van der Waals surface area contributed by atoms with E-state index >= 15 is 0 Å². The molecule has 8 heteroatoms. The number of terminal acetylenes is 1. The van der Waals surface area contributed by atoms with Gasteiger partial charge in [0, 0.05) is 0 Å². The number of carbonyl (C=O) groups is 4. The number of ether oxygens (including phenoxy) is 1. The molecule has 0 radical (unpaired) electrons. The summed E-state index contributed by atoms with van der Waals surface area (Å²) in [6.45, 7) is 2.53. The molecule has 0 saturated carbocycles. The number of nitrogens with one attached hydrogen (secondary N) is 2. The SMILES string of the molecule is C#CCNC(=O)COC(=O)CN1C(=O)NC(CC)(CC)C1=O. The molecule has 4 amide bonds. The summed E-state index contributed by atoms with van der Waals surface area (Å²) in [5, 5.41) is 4.91. The van der Waals surface area contributed by atoms with Crippen molar-refractivity contribution in [3.05, 3.63) is 0 Å². The number of carbonyl (C=O) groups excluding carboxylic acids is 4. The van der Waals surface area contributed by atoms with Crippen molar-refractivity contribution in [2.24, 2.45) is 0 Å². The van der Waals surface area contributed by atoms with E-state index in [2.05, 4.69) is 16.6 Å². The summed E-state index contributed by atoms with van der Waals surface area (Å²) in [6, 6.07) is -0.637. The summed E-state index contributed by atoms with van der Waals surface area (Å²) >= 11 is 0. The molecule has 1 rings (SSSR count). The molecular formula is C14H19N3O5. The molecule has 1 saturated heterocycles. The fraction of sp³-hybridized carbons (Fsp3) is 0.571. The fourth-order valence-corrected chi connectivity index (χ4v) is 2.07. The first-order valence-electron chi connectivity index (χ1n) is 6.90. The Hall–Kier alpha value is -2.56. The molecule has 0 atom stereocenters. The molecule has 120 valence electrons. The molecule has 0 spiro atoms. The zero-order chi connectivity index (χ0) is 16.8. The molecule has 0 aromatic carbocycles. The van der Waals surface area contributed by atoms with Gasteiger partial charge in [-0.2, -0.15) is 0 Å². The van der Waals surface area contributed by atoms with E-state index in [1.54, 1.807) is 13.8 Å². The molecule has 2 N–H and O–H groups in total. The fourth-order valence-electron chi connectivity index (χ4n) is 2.07. The maximum Gasteiger partial charge on any atom is 0.326 e. The standard InChI is InChI=1S/C14H19N3O5/c1-4-7-15-10(18)9-22-11(19)8-17-12(20)14(5-2,6-3)16-13(17)21/h1H,5-9H2,2-3H3,(H,15,18)(H,16,21). The third-order valence-electron chi connectivity index (χ3n) is 3.49. The van der Waals surface area contributed by atoms with Gasteiger partial charge < -0.3 is 15.4 Å². The van der Waals surface area contributed by atoms with Crippen molar-refractivity contribution in [2.45, 2.75) is 32.2 Å². The molecule has 22 heavy (non-hydrogen) atoms. The van der Waals surface area contributed by atoms with Crippen LogP contribution in [0.4, 0.5) is 4.79 Å². The van der Waals surface area contributed by atoms with Crippen LogP contribution >= 0.6 is 0 Å². The Morgan fingerprint density at radius 2 is 2.00 bits per heavy atom. The summed E-state index contributed by atoms with van der Waals surface area (Å²) in [7, 11) is 0. The van der Waals surface area contributed by atoms with Gasteiger partial charge in [0.1, 0.15) is 12.1 Å². The Kier molecular flexibility index (Phi) is 5.92. The minimum absolute atomic E-state index is 0.0267. The van der Waals surface area contributed by atoms with E-state index < -0.39 is 42.5 Å². The van der Waals surface area contributed by atoms with Crippen molar-refractivity contribution in [1.82, 2.24) is 15.5 Å². The third-order valence-corrected chi connectivity index (χ3v) is 3.49. The number of rotatable bonds is 7. The van der Waals surface area contributed by atoms with Crippen molar-refractivity contribution < 1.29 is 23.9 Å². The first-order valence-corrected chi connectivity index (χ1v) is 6.90. The lowest BCUT2D eigenvalue weighted by molar-refractivity contribution is -0.151. The first kappa shape index (κ1) is 17.5. The number of hydrogen-bond donors (Lipinski definition) is 2. The highest BCUT2D eigenvalue weighted by Crippen LogP contribution is 2.24. The average Bonchev–Trinajstić information content (AvgIpc) is 2.75. The second kappa shape index (κ2) is 7.45. The Balaban J connectivity index is 2.55. The highest BCUT2D eigenvalue weighted by Gasteiger charge is 2.49. The monoisotopic (exact) mass is 309 g/mol. The predicted octanol–water partition coefficient (Wildman–Crippen LogP) is -0.610. The van der Waals surface area contributed by atoms with Gasteiger partial charge in [-0.15, -0.1) is 6.42 Å². The number of hydrogen-bond acceptors (Lipinski definition) is 5. The minimum Gasteiger partial charge on any atom is -0.454 e. The van der Waals surface area contributed by atoms with E-state index in [1.165, 1.54) is 0 Å². The molecule has 0 aliphatic carbocycles. The summed E-state index contributed by atoms with van der Waals surface area (Å²) in [6.07, 6.45) is 5.81. The normalized spacial score (nSPS) is 16.0. The lowest BCUT2D eigenvalue weighted by Crippen LogP contribution is -2.46. The topological polar surface area (TPSA) is 105 Å². The van der Waals surface area contributed by atoms with Gasteiger partial charge in [-0.3, -0.25) is 19.3 Å². The summed E-state index contributed by atoms with van der Waals surface area (Å²) in [5.41, 5.74) is -0.971. The molecule has 0 aromatic rings. The van der Waals surface area contributed by atoms with Crippen LogP contribution < -0.4 is 10.6 Å². The van der Waals surface area contributed by atoms with Gasteiger partial charge in [-0.05, 0) is 12.8 Å². The van der Waals surface area contributed by atoms with Gasteiger partial charge in [0.2, 0.25) is 0 Å². The van der Waals surface area contributed by atoms with Crippen LogP contribution in [0.3, 0.4) is 0 Å². The minimum atomic E-state index is -0.971. The quantitative estimate of drug-likeness (QED) is 0.371. The second-order valence-electron chi connectivity index (χ2n) is 4.75. The number of amides is 4. The van der Waals surface area contributed by atoms with Crippen molar-refractivity contribution in [1.29, 1.82) is 0 Å². The van der Waals surface area contributed by atoms with Crippen molar-refractivity contribution >= 4 is 23.8 Å². The molecular weight excluding hydrogens is 290 g/mol. The molecule has 1 fully saturated rings. The smallest absolute Gasteiger partial charge is 0.326 e. The predicted molar refractivity (Wildman–Crippen MR) is 76.4 cm³/mol. The van der Waals surface area contributed by atoms with Gasteiger partial charge in [-0.25, -0.2) is 4.79 Å². The average molecular weight is 309 g/mol. The molecule has 0 unspecified atom stereocenters. The number of imide groups is 1. The lowest BCUT2D eigenvalue weighted by Gasteiger charge is -2.22. The molecule has 1 heterocycles. The van der Waals surface area contributed by atoms with Gasteiger partial charge in [-0.1, -0.05) is 19.8 Å². The molecule has 0 bridgehead atoms. The van der Waals surface area contributed by atoms with Gasteiger partial charge in [0.25, 0.3) is 11.8 Å². The van der Waals surface area contributed by atoms with Gasteiger partial charge >= 0.3 is 12.0 Å². The van der Waals surface area contributed by atoms with Crippen LogP contribution in [0.15, 0.2) is 0 Å². The zero-order valence-corrected chi connectivity index (χ0v) is 12.6. The van der Waals surface area contributed by atoms with E-state index in [0.717, 1.165) is 4.90 Å². The van der Waals surface area contributed by atoms with Crippen LogP contribution in [0.5, 0.6) is 0 Å². The lowest BCUT2D eigenvalue weighted by atomic mass is 9.93. The largest absolute Gasteiger partial charge is 0.454 e. The third kappa shape index (κ3) is 3.75. The van der Waals surface area contributed by atoms with Crippen LogP contribution in [0.1, 0.15) is 26.7 Å². The highest BCUT2D eigenvalue weighted by molar-refractivity contribution is 6.08. The van der Waals surface area contributed by atoms with Crippen LogP contribution in [-0.4, -0.2) is 54.0 Å². The van der Waals surface area contributed by atoms with E-state index in [-0.39, 0.29) is 6.54 Å². The first-order chi connectivity index (χ1) is 10.4. The highest BCUT2D eigenvalue weighted by atomic mass is 16.5. The molecule has 8 nitrogen and oxygen atoms in total. The van der Waals surface area contributed by atoms with Crippen LogP contribution in [-0.2, 0) is 19.1 Å². The number of urea groups is 1. The van der Waals surface area contributed by atoms with Gasteiger partial charge in [0.15, 0.2) is 6.61 Å². The van der Waals surface area contributed by atoms with Crippen molar-refractivity contribution in [3.8, 4) is 12.3 Å². The summed E-state index contributed by atoms with van der Waals surface area (Å²) in [5.74, 6) is 0.338. The Labute approximate surface area is 128 Å². The molecule has 1 aliphatic rings. The van der Waals surface area contributed by atoms with Crippen LogP contribution in [0.2, 0.25) is 0 Å². The van der Waals surface area contributed by atoms with Crippen molar-refractivity contribution in [3.63, 3.8) is 0 Å². The zero-order valence-electron chi connectivity index (χ0n) is 12.6. The summed E-state index contributed by atoms with van der Waals surface area (Å²) < 4.78 is 4.70. The maximum absolute atomic E-state index is 12.2. The Morgan fingerprint density at radius 3 is 2.50 bits per heavy atom. The van der Waals surface area contributed by atoms with Crippen molar-refractivity contribution in [2.75, 3.05) is 19.7 Å². The second-order valence-corrected chi connectivity index (χ2v) is 4.75. The van der Waals surface area contributed by atoms with Crippen LogP contribution in [0, 0.1) is 12.3 Å². The van der Waals surface area contributed by atoms with E-state index in [9.17, 15) is 19.2 Å². The number of esters is 1. The number of nitrogens with zero attached hydrogens (tertiary/aromatic N) is 1. The van der Waals surface area contributed by atoms with Gasteiger partial charge in [0.05, 0.1) is 6.54 Å². The van der Waals surface area contributed by atoms with Crippen LogP contribution in [0.25, 0.3) is 0 Å². The molecule has 1 aliphatic heterocycles. The summed E-state index contributed by atoms with van der Waals surface area (Å²) in [4.78, 5) is 47.7. The van der Waals surface area contributed by atoms with E-state index in [4.69, 9.17) is 11.2 Å². The van der Waals surface area contributed by atoms with E-state index in [0.29, 0.717) is 12.8 Å². The Morgan fingerprint density at radius 1 is 1.36 bits per heavy atom. The molecule has 0 aromatic heterocycles. The van der Waals surface area contributed by atoms with E-state index in [1.807, 2.05) is 0 Å².